The predicted molar refractivity (Wildman–Crippen MR) is 126 cm³/mol. The van der Waals surface area contributed by atoms with Crippen LogP contribution in [0.1, 0.15) is 55.6 Å². The van der Waals surface area contributed by atoms with E-state index in [-0.39, 0.29) is 17.1 Å². The summed E-state index contributed by atoms with van der Waals surface area (Å²) in [6.45, 7) is 0. The van der Waals surface area contributed by atoms with E-state index in [1.165, 1.54) is 11.6 Å². The summed E-state index contributed by atoms with van der Waals surface area (Å²) in [5.74, 6) is 5.17. The lowest BCUT2D eigenvalue weighted by Gasteiger charge is -2.24. The normalized spacial score (nSPS) is 27.2. The van der Waals surface area contributed by atoms with Crippen LogP contribution in [0.4, 0.5) is 10.2 Å². The van der Waals surface area contributed by atoms with Crippen molar-refractivity contribution in [2.75, 3.05) is 5.32 Å². The summed E-state index contributed by atoms with van der Waals surface area (Å²) < 4.78 is 13.9. The van der Waals surface area contributed by atoms with E-state index in [2.05, 4.69) is 27.3 Å². The number of carbonyl (C=O) groups excluding carboxylic acids is 1. The van der Waals surface area contributed by atoms with Crippen LogP contribution in [0.3, 0.4) is 0 Å². The second-order valence-corrected chi connectivity index (χ2v) is 10.1. The van der Waals surface area contributed by atoms with Gasteiger partial charge in [-0.15, -0.1) is 6.42 Å². The van der Waals surface area contributed by atoms with Gasteiger partial charge in [-0.1, -0.05) is 5.92 Å². The van der Waals surface area contributed by atoms with Crippen molar-refractivity contribution in [1.29, 1.82) is 0 Å². The van der Waals surface area contributed by atoms with Gasteiger partial charge in [-0.05, 0) is 104 Å². The van der Waals surface area contributed by atoms with E-state index in [1.54, 1.807) is 30.5 Å². The van der Waals surface area contributed by atoms with Crippen LogP contribution in [0, 0.1) is 41.3 Å². The molecule has 3 aliphatic rings. The minimum absolute atomic E-state index is 0.112. The van der Waals surface area contributed by atoms with Crippen molar-refractivity contribution in [1.82, 2.24) is 9.97 Å². The Bertz CT molecular complexity index is 1260. The monoisotopic (exact) mass is 439 g/mol. The molecule has 33 heavy (non-hydrogen) atoms. The Morgan fingerprint density at radius 3 is 2.52 bits per heavy atom. The van der Waals surface area contributed by atoms with Crippen LogP contribution in [0.5, 0.6) is 0 Å². The molecule has 6 rings (SSSR count). The Morgan fingerprint density at radius 2 is 1.85 bits per heavy atom. The van der Waals surface area contributed by atoms with Gasteiger partial charge in [-0.2, -0.15) is 0 Å². The fraction of sp³-hybridized carbons (Fsp3) is 0.393. The number of nitrogens with zero attached hydrogens (tertiary/aromatic N) is 2. The number of fused-ring (bicyclic) bond motifs is 2. The van der Waals surface area contributed by atoms with Crippen molar-refractivity contribution >= 4 is 22.6 Å². The van der Waals surface area contributed by atoms with Crippen LogP contribution < -0.4 is 5.32 Å². The SMILES string of the molecule is C#Cc1ccc(NC(=O)C2([C@@H]3CC4C[C@H](c5ccnc6ccc(F)cc56)C[C@@H]4C3)CC2)nc1. The van der Waals surface area contributed by atoms with Crippen LogP contribution in [0.25, 0.3) is 10.9 Å². The zero-order valence-corrected chi connectivity index (χ0v) is 18.4. The third-order valence-electron chi connectivity index (χ3n) is 8.39. The number of anilines is 1. The molecule has 0 bridgehead atoms. The second-order valence-electron chi connectivity index (χ2n) is 10.1. The van der Waals surface area contributed by atoms with Crippen molar-refractivity contribution in [3.05, 3.63) is 65.7 Å². The molecule has 1 amide bonds. The summed E-state index contributed by atoms with van der Waals surface area (Å²) in [6.07, 6.45) is 15.2. The first-order valence-electron chi connectivity index (χ1n) is 11.8. The van der Waals surface area contributed by atoms with Gasteiger partial charge in [0.25, 0.3) is 0 Å². The molecule has 1 N–H and O–H groups in total. The number of rotatable bonds is 4. The van der Waals surface area contributed by atoms with E-state index in [0.717, 1.165) is 49.4 Å². The average molecular weight is 440 g/mol. The number of benzene rings is 1. The minimum Gasteiger partial charge on any atom is -0.310 e. The highest BCUT2D eigenvalue weighted by Crippen LogP contribution is 2.63. The lowest BCUT2D eigenvalue weighted by Crippen LogP contribution is -2.30. The molecule has 5 heteroatoms. The molecule has 0 spiro atoms. The molecule has 3 fully saturated rings. The van der Waals surface area contributed by atoms with E-state index in [4.69, 9.17) is 6.42 Å². The van der Waals surface area contributed by atoms with Crippen molar-refractivity contribution in [3.8, 4) is 12.3 Å². The molecule has 2 heterocycles. The summed E-state index contributed by atoms with van der Waals surface area (Å²) in [5, 5.41) is 3.98. The molecular weight excluding hydrogens is 413 g/mol. The molecule has 3 saturated carbocycles. The van der Waals surface area contributed by atoms with Crippen LogP contribution in [0.2, 0.25) is 0 Å². The highest BCUT2D eigenvalue weighted by molar-refractivity contribution is 5.96. The number of hydrogen-bond donors (Lipinski definition) is 1. The van der Waals surface area contributed by atoms with Gasteiger partial charge in [0.15, 0.2) is 0 Å². The third-order valence-corrected chi connectivity index (χ3v) is 8.39. The average Bonchev–Trinajstić information content (AvgIpc) is 3.40. The maximum atomic E-state index is 13.9. The summed E-state index contributed by atoms with van der Waals surface area (Å²) in [4.78, 5) is 21.9. The van der Waals surface area contributed by atoms with Crippen LogP contribution >= 0.6 is 0 Å². The first-order valence-corrected chi connectivity index (χ1v) is 11.8. The zero-order chi connectivity index (χ0) is 22.6. The molecule has 4 atom stereocenters. The molecule has 0 aliphatic heterocycles. The fourth-order valence-corrected chi connectivity index (χ4v) is 6.57. The Kier molecular flexibility index (Phi) is 4.72. The smallest absolute Gasteiger partial charge is 0.232 e. The Labute approximate surface area is 193 Å². The molecule has 1 unspecified atom stereocenters. The van der Waals surface area contributed by atoms with Crippen molar-refractivity contribution in [2.24, 2.45) is 23.2 Å². The molecule has 0 saturated heterocycles. The molecular formula is C28H26FN3O. The topological polar surface area (TPSA) is 54.9 Å². The van der Waals surface area contributed by atoms with Crippen molar-refractivity contribution in [3.63, 3.8) is 0 Å². The highest BCUT2D eigenvalue weighted by atomic mass is 19.1. The summed E-state index contributed by atoms with van der Waals surface area (Å²) >= 11 is 0. The zero-order valence-electron chi connectivity index (χ0n) is 18.4. The van der Waals surface area contributed by atoms with Gasteiger partial charge in [0.2, 0.25) is 5.91 Å². The van der Waals surface area contributed by atoms with Crippen LogP contribution in [0.15, 0.2) is 48.8 Å². The largest absolute Gasteiger partial charge is 0.310 e. The number of amides is 1. The summed E-state index contributed by atoms with van der Waals surface area (Å²) in [7, 11) is 0. The number of pyridine rings is 2. The lowest BCUT2D eigenvalue weighted by molar-refractivity contribution is -0.123. The highest BCUT2D eigenvalue weighted by Gasteiger charge is 2.59. The molecule has 3 aliphatic carbocycles. The lowest BCUT2D eigenvalue weighted by atomic mass is 9.83. The van der Waals surface area contributed by atoms with E-state index in [9.17, 15) is 9.18 Å². The van der Waals surface area contributed by atoms with Gasteiger partial charge < -0.3 is 5.32 Å². The molecule has 0 radical (unpaired) electrons. The molecule has 1 aromatic carbocycles. The number of aromatic nitrogens is 2. The van der Waals surface area contributed by atoms with Gasteiger partial charge in [-0.3, -0.25) is 9.78 Å². The molecule has 2 aromatic heterocycles. The predicted octanol–water partition coefficient (Wildman–Crippen LogP) is 5.69. The van der Waals surface area contributed by atoms with Gasteiger partial charge >= 0.3 is 0 Å². The van der Waals surface area contributed by atoms with Gasteiger partial charge in [-0.25, -0.2) is 9.37 Å². The quantitative estimate of drug-likeness (QED) is 0.532. The second kappa shape index (κ2) is 7.66. The number of nitrogens with one attached hydrogen (secondary N) is 1. The molecule has 4 nitrogen and oxygen atoms in total. The Hall–Kier alpha value is -3.26. The first kappa shape index (κ1) is 20.4. The Morgan fingerprint density at radius 1 is 1.06 bits per heavy atom. The van der Waals surface area contributed by atoms with Crippen molar-refractivity contribution in [2.45, 2.75) is 44.4 Å². The number of carbonyl (C=O) groups is 1. The number of hydrogen-bond acceptors (Lipinski definition) is 3. The molecule has 3 aromatic rings. The van der Waals surface area contributed by atoms with Crippen molar-refractivity contribution < 1.29 is 9.18 Å². The van der Waals surface area contributed by atoms with Crippen LogP contribution in [-0.4, -0.2) is 15.9 Å². The third kappa shape index (κ3) is 3.49. The maximum absolute atomic E-state index is 13.9. The molecule has 166 valence electrons. The first-order chi connectivity index (χ1) is 16.1. The number of halogens is 1. The van der Waals surface area contributed by atoms with E-state index < -0.39 is 0 Å². The van der Waals surface area contributed by atoms with E-state index in [0.29, 0.717) is 35.1 Å². The van der Waals surface area contributed by atoms with E-state index >= 15 is 0 Å². The van der Waals surface area contributed by atoms with Gasteiger partial charge in [0, 0.05) is 23.3 Å². The number of terminal acetylenes is 1. The van der Waals surface area contributed by atoms with Gasteiger partial charge in [0.05, 0.1) is 10.9 Å². The van der Waals surface area contributed by atoms with Gasteiger partial charge in [0.1, 0.15) is 11.6 Å². The standard InChI is InChI=1S/C28H26FN3O/c1-2-17-3-6-26(31-16-17)32-27(33)28(8-9-28)21-13-18-11-20(12-19(18)14-21)23-7-10-30-25-5-4-22(29)15-24(23)25/h1,3-7,10,15-16,18-21H,8-9,11-14H2,(H,31,32,33)/t18-,19?,20-,21+/m1/s1. The summed E-state index contributed by atoms with van der Waals surface area (Å²) in [6, 6.07) is 10.5. The Balaban J connectivity index is 1.15. The van der Waals surface area contributed by atoms with E-state index in [1.807, 2.05) is 6.20 Å². The summed E-state index contributed by atoms with van der Waals surface area (Å²) in [5.41, 5.74) is 2.56. The minimum atomic E-state index is -0.237. The van der Waals surface area contributed by atoms with Crippen LogP contribution in [-0.2, 0) is 4.79 Å². The maximum Gasteiger partial charge on any atom is 0.232 e. The fourth-order valence-electron chi connectivity index (χ4n) is 6.57.